The van der Waals surface area contributed by atoms with Crippen molar-refractivity contribution >= 4 is 28.4 Å². The van der Waals surface area contributed by atoms with E-state index in [1.807, 2.05) is 0 Å². The molecule has 0 fully saturated rings. The number of nitrogens with zero attached hydrogens (tertiary/aromatic N) is 2. The molecule has 1 heterocycles. The molecule has 0 amide bonds. The highest BCUT2D eigenvalue weighted by molar-refractivity contribution is 6.67. The highest BCUT2D eigenvalue weighted by Gasteiger charge is 2.01. The van der Waals surface area contributed by atoms with Gasteiger partial charge in [0.25, 0.3) is 5.24 Å². The molecule has 3 nitrogen and oxygen atoms in total. The molecule has 0 spiro atoms. The van der Waals surface area contributed by atoms with Gasteiger partial charge in [-0.05, 0) is 17.7 Å². The van der Waals surface area contributed by atoms with Crippen molar-refractivity contribution in [2.45, 2.75) is 0 Å². The van der Waals surface area contributed by atoms with Gasteiger partial charge in [0.1, 0.15) is 0 Å². The molecular formula is C5H2Cl2N2O. The van der Waals surface area contributed by atoms with E-state index in [1.165, 1.54) is 12.3 Å². The van der Waals surface area contributed by atoms with E-state index in [9.17, 15) is 4.79 Å². The van der Waals surface area contributed by atoms with E-state index in [2.05, 4.69) is 10.2 Å². The minimum Gasteiger partial charge on any atom is -0.276 e. The molecule has 52 valence electrons. The van der Waals surface area contributed by atoms with Crippen LogP contribution in [-0.4, -0.2) is 15.4 Å². The summed E-state index contributed by atoms with van der Waals surface area (Å²) in [6, 6.07) is 1.35. The molecule has 1 aromatic heterocycles. The monoisotopic (exact) mass is 176 g/mol. The number of aromatic nitrogens is 2. The van der Waals surface area contributed by atoms with E-state index in [-0.39, 0.29) is 10.7 Å². The van der Waals surface area contributed by atoms with E-state index in [0.717, 1.165) is 0 Å². The molecular weight excluding hydrogens is 175 g/mol. The van der Waals surface area contributed by atoms with Gasteiger partial charge < -0.3 is 0 Å². The zero-order chi connectivity index (χ0) is 7.56. The highest BCUT2D eigenvalue weighted by Crippen LogP contribution is 2.06. The van der Waals surface area contributed by atoms with Crippen molar-refractivity contribution in [3.8, 4) is 0 Å². The van der Waals surface area contributed by atoms with Gasteiger partial charge >= 0.3 is 0 Å². The normalized spacial score (nSPS) is 9.40. The Labute approximate surface area is 67.0 Å². The number of carbonyl (C=O) groups excluding carboxylic acids is 1. The van der Waals surface area contributed by atoms with Crippen molar-refractivity contribution < 1.29 is 4.79 Å². The number of hydrogen-bond donors (Lipinski definition) is 0. The molecule has 10 heavy (non-hydrogen) atoms. The van der Waals surface area contributed by atoms with Crippen molar-refractivity contribution in [1.82, 2.24) is 10.2 Å². The van der Waals surface area contributed by atoms with Crippen LogP contribution in [0.25, 0.3) is 0 Å². The lowest BCUT2D eigenvalue weighted by Crippen LogP contribution is -1.91. The first-order valence-corrected chi connectivity index (χ1v) is 3.14. The fraction of sp³-hybridized carbons (Fsp3) is 0. The maximum Gasteiger partial charge on any atom is 0.254 e. The van der Waals surface area contributed by atoms with Gasteiger partial charge in [0.15, 0.2) is 5.15 Å². The van der Waals surface area contributed by atoms with Crippen molar-refractivity contribution in [1.29, 1.82) is 0 Å². The first-order chi connectivity index (χ1) is 4.70. The van der Waals surface area contributed by atoms with Crippen molar-refractivity contribution in [3.63, 3.8) is 0 Å². The number of hydrogen-bond acceptors (Lipinski definition) is 3. The summed E-state index contributed by atoms with van der Waals surface area (Å²) in [5.41, 5.74) is 0.252. The maximum absolute atomic E-state index is 10.4. The standard InChI is InChI=1S/C5H2Cl2N2O/c6-4-1-3(5(7)10)2-8-9-4/h1-2H. The summed E-state index contributed by atoms with van der Waals surface area (Å²) in [5, 5.41) is 6.42. The van der Waals surface area contributed by atoms with E-state index in [1.54, 1.807) is 0 Å². The first kappa shape index (κ1) is 7.44. The average molecular weight is 177 g/mol. The number of carbonyl (C=O) groups is 1. The first-order valence-electron chi connectivity index (χ1n) is 2.38. The Morgan fingerprint density at radius 1 is 1.60 bits per heavy atom. The Morgan fingerprint density at radius 2 is 2.30 bits per heavy atom. The van der Waals surface area contributed by atoms with E-state index >= 15 is 0 Å². The third-order valence-electron chi connectivity index (χ3n) is 0.852. The van der Waals surface area contributed by atoms with Gasteiger partial charge in [-0.25, -0.2) is 0 Å². The summed E-state index contributed by atoms with van der Waals surface area (Å²) < 4.78 is 0. The molecule has 0 aliphatic carbocycles. The van der Waals surface area contributed by atoms with Crippen LogP contribution in [0.2, 0.25) is 5.15 Å². The van der Waals surface area contributed by atoms with Crippen LogP contribution in [0.1, 0.15) is 10.4 Å². The Morgan fingerprint density at radius 3 is 2.70 bits per heavy atom. The molecule has 5 heteroatoms. The summed E-state index contributed by atoms with van der Waals surface area (Å²) in [6.07, 6.45) is 1.25. The predicted octanol–water partition coefficient (Wildman–Crippen LogP) is 1.51. The Bertz CT molecular complexity index is 264. The van der Waals surface area contributed by atoms with Crippen molar-refractivity contribution in [2.75, 3.05) is 0 Å². The number of halogens is 2. The summed E-state index contributed by atoms with van der Waals surface area (Å²) in [5.74, 6) is 0. The lowest BCUT2D eigenvalue weighted by atomic mass is 10.3. The minimum atomic E-state index is -0.586. The fourth-order valence-electron chi connectivity index (χ4n) is 0.448. The maximum atomic E-state index is 10.4. The van der Waals surface area contributed by atoms with E-state index in [4.69, 9.17) is 23.2 Å². The smallest absolute Gasteiger partial charge is 0.254 e. The van der Waals surface area contributed by atoms with Gasteiger partial charge in [0.2, 0.25) is 0 Å². The zero-order valence-corrected chi connectivity index (χ0v) is 6.23. The van der Waals surface area contributed by atoms with Crippen LogP contribution in [0.3, 0.4) is 0 Å². The number of rotatable bonds is 1. The van der Waals surface area contributed by atoms with Gasteiger partial charge in [-0.1, -0.05) is 11.6 Å². The van der Waals surface area contributed by atoms with Crippen molar-refractivity contribution in [3.05, 3.63) is 23.0 Å². The van der Waals surface area contributed by atoms with Crippen LogP contribution < -0.4 is 0 Å². The Kier molecular flexibility index (Phi) is 2.19. The summed E-state index contributed by atoms with van der Waals surface area (Å²) in [7, 11) is 0. The Hall–Kier alpha value is -0.670. The lowest BCUT2D eigenvalue weighted by molar-refractivity contribution is 0.108. The lowest BCUT2D eigenvalue weighted by Gasteiger charge is -1.89. The highest BCUT2D eigenvalue weighted by atomic mass is 35.5. The molecule has 1 rings (SSSR count). The van der Waals surface area contributed by atoms with Gasteiger partial charge in [0, 0.05) is 0 Å². The zero-order valence-electron chi connectivity index (χ0n) is 4.71. The minimum absolute atomic E-state index is 0.159. The van der Waals surface area contributed by atoms with Crippen LogP contribution in [-0.2, 0) is 0 Å². The predicted molar refractivity (Wildman–Crippen MR) is 37.2 cm³/mol. The largest absolute Gasteiger partial charge is 0.276 e. The van der Waals surface area contributed by atoms with Crippen molar-refractivity contribution in [2.24, 2.45) is 0 Å². The van der Waals surface area contributed by atoms with Gasteiger partial charge in [0.05, 0.1) is 11.8 Å². The van der Waals surface area contributed by atoms with E-state index in [0.29, 0.717) is 0 Å². The quantitative estimate of drug-likeness (QED) is 0.610. The van der Waals surface area contributed by atoms with Crippen LogP contribution in [0.5, 0.6) is 0 Å². The molecule has 0 aliphatic rings. The topological polar surface area (TPSA) is 42.9 Å². The average Bonchev–Trinajstić information content (AvgIpc) is 1.88. The fourth-order valence-corrected chi connectivity index (χ4v) is 0.713. The van der Waals surface area contributed by atoms with E-state index < -0.39 is 5.24 Å². The molecule has 1 aromatic rings. The van der Waals surface area contributed by atoms with Gasteiger partial charge in [-0.3, -0.25) is 4.79 Å². The van der Waals surface area contributed by atoms with Crippen LogP contribution >= 0.6 is 23.2 Å². The third kappa shape index (κ3) is 1.65. The molecule has 0 N–H and O–H groups in total. The second-order valence-corrected chi connectivity index (χ2v) is 2.27. The second kappa shape index (κ2) is 2.94. The second-order valence-electron chi connectivity index (χ2n) is 1.54. The molecule has 0 radical (unpaired) electrons. The SMILES string of the molecule is O=C(Cl)c1cnnc(Cl)c1. The summed E-state index contributed by atoms with van der Waals surface area (Å²) >= 11 is 10.5. The van der Waals surface area contributed by atoms with Crippen LogP contribution in [0, 0.1) is 0 Å². The molecule has 0 atom stereocenters. The van der Waals surface area contributed by atoms with Crippen LogP contribution in [0.4, 0.5) is 0 Å². The van der Waals surface area contributed by atoms with Gasteiger partial charge in [-0.15, -0.1) is 5.10 Å². The Balaban J connectivity index is 3.07. The third-order valence-corrected chi connectivity index (χ3v) is 1.25. The molecule has 0 saturated carbocycles. The molecule has 0 bridgehead atoms. The molecule has 0 saturated heterocycles. The summed E-state index contributed by atoms with van der Waals surface area (Å²) in [4.78, 5) is 10.4. The molecule has 0 unspecified atom stereocenters. The van der Waals surface area contributed by atoms with Gasteiger partial charge in [-0.2, -0.15) is 5.10 Å². The molecule has 0 aliphatic heterocycles. The molecule has 0 aromatic carbocycles. The summed E-state index contributed by atoms with van der Waals surface area (Å²) in [6.45, 7) is 0. The van der Waals surface area contributed by atoms with Crippen LogP contribution in [0.15, 0.2) is 12.3 Å².